The molecule has 0 saturated carbocycles. The largest absolute Gasteiger partial charge is 0.283 e. The van der Waals surface area contributed by atoms with Crippen LogP contribution in [0, 0.1) is 0 Å². The zero-order valence-corrected chi connectivity index (χ0v) is 17.2. The zero-order chi connectivity index (χ0) is 21.1. The summed E-state index contributed by atoms with van der Waals surface area (Å²) in [6, 6.07) is 14.2. The van der Waals surface area contributed by atoms with Gasteiger partial charge in [-0.3, -0.25) is 23.9 Å². The molecule has 0 N–H and O–H groups in total. The van der Waals surface area contributed by atoms with E-state index in [4.69, 9.17) is 0 Å². The second-order valence-corrected chi connectivity index (χ2v) is 8.04. The number of thioether (sulfide) groups is 1. The highest BCUT2D eigenvalue weighted by Crippen LogP contribution is 2.23. The molecule has 152 valence electrons. The lowest BCUT2D eigenvalue weighted by molar-refractivity contribution is 0.0652. The average molecular weight is 420 g/mol. The lowest BCUT2D eigenvalue weighted by Gasteiger charge is -2.14. The number of amides is 2. The minimum atomic E-state index is -0.223. The van der Waals surface area contributed by atoms with Gasteiger partial charge in [-0.1, -0.05) is 42.1 Å². The van der Waals surface area contributed by atoms with Gasteiger partial charge in [0.1, 0.15) is 0 Å². The number of imide groups is 1. The van der Waals surface area contributed by atoms with Crippen molar-refractivity contribution >= 4 is 34.5 Å². The number of hydrogen-bond acceptors (Lipinski definition) is 5. The number of fused-ring (bicyclic) bond motifs is 2. The van der Waals surface area contributed by atoms with Gasteiger partial charge in [-0.05, 0) is 37.1 Å². The summed E-state index contributed by atoms with van der Waals surface area (Å²) in [5.41, 5.74) is 1.56. The topological polar surface area (TPSA) is 72.3 Å². The van der Waals surface area contributed by atoms with Crippen molar-refractivity contribution in [1.29, 1.82) is 0 Å². The number of rotatable bonds is 8. The Morgan fingerprint density at radius 3 is 2.30 bits per heavy atom. The molecule has 3 aromatic rings. The van der Waals surface area contributed by atoms with Gasteiger partial charge in [0.25, 0.3) is 17.4 Å². The highest BCUT2D eigenvalue weighted by molar-refractivity contribution is 7.99. The van der Waals surface area contributed by atoms with Crippen molar-refractivity contribution in [3.8, 4) is 0 Å². The van der Waals surface area contributed by atoms with Crippen molar-refractivity contribution in [2.24, 2.45) is 0 Å². The second kappa shape index (κ2) is 8.67. The summed E-state index contributed by atoms with van der Waals surface area (Å²) in [5.74, 6) is 0.281. The molecule has 1 aliphatic heterocycles. The molecule has 1 aliphatic rings. The molecule has 0 unspecified atom stereocenters. The van der Waals surface area contributed by atoms with Crippen molar-refractivity contribution in [3.63, 3.8) is 0 Å². The number of nitrogens with zero attached hydrogens (tertiary/aromatic N) is 3. The molecule has 30 heavy (non-hydrogen) atoms. The SMILES string of the molecule is C=CCn1c(SCCCCN2C(=O)c3ccccc3C2=O)nc2ccccc2c1=O. The third-order valence-corrected chi connectivity index (χ3v) is 6.09. The van der Waals surface area contributed by atoms with Gasteiger partial charge in [0.2, 0.25) is 0 Å². The van der Waals surface area contributed by atoms with Gasteiger partial charge in [0.15, 0.2) is 5.16 Å². The zero-order valence-electron chi connectivity index (χ0n) is 16.4. The second-order valence-electron chi connectivity index (χ2n) is 6.98. The first-order valence-electron chi connectivity index (χ1n) is 9.80. The van der Waals surface area contributed by atoms with E-state index in [-0.39, 0.29) is 17.4 Å². The molecular formula is C23H21N3O3S. The fourth-order valence-corrected chi connectivity index (χ4v) is 4.53. The van der Waals surface area contributed by atoms with Crippen LogP contribution in [0.25, 0.3) is 10.9 Å². The van der Waals surface area contributed by atoms with Gasteiger partial charge >= 0.3 is 0 Å². The predicted octanol–water partition coefficient (Wildman–Crippen LogP) is 3.75. The van der Waals surface area contributed by atoms with E-state index in [1.54, 1.807) is 41.0 Å². The maximum Gasteiger partial charge on any atom is 0.262 e. The summed E-state index contributed by atoms with van der Waals surface area (Å²) in [4.78, 5) is 43.5. The van der Waals surface area contributed by atoms with E-state index in [0.717, 1.165) is 12.2 Å². The first-order chi connectivity index (χ1) is 14.6. The molecule has 0 spiro atoms. The van der Waals surface area contributed by atoms with Gasteiger partial charge in [0.05, 0.1) is 22.0 Å². The third kappa shape index (κ3) is 3.68. The molecule has 4 rings (SSSR count). The minimum absolute atomic E-state index is 0.0750. The standard InChI is InChI=1S/C23H21N3O3S/c1-2-13-26-22(29)18-11-5-6-12-19(18)24-23(26)30-15-8-7-14-25-20(27)16-9-3-4-10-17(16)21(25)28/h2-6,9-12H,1,7-8,13-15H2. The Balaban J connectivity index is 1.38. The van der Waals surface area contributed by atoms with E-state index >= 15 is 0 Å². The lowest BCUT2D eigenvalue weighted by Crippen LogP contribution is -2.30. The van der Waals surface area contributed by atoms with Crippen molar-refractivity contribution in [1.82, 2.24) is 14.5 Å². The summed E-state index contributed by atoms with van der Waals surface area (Å²) in [6.07, 6.45) is 3.16. The number of unbranched alkanes of at least 4 members (excludes halogenated alkanes) is 1. The number of benzene rings is 2. The Bertz CT molecular complexity index is 1170. The van der Waals surface area contributed by atoms with Crippen LogP contribution >= 0.6 is 11.8 Å². The van der Waals surface area contributed by atoms with Gasteiger partial charge < -0.3 is 0 Å². The van der Waals surface area contributed by atoms with Crippen LogP contribution in [0.2, 0.25) is 0 Å². The summed E-state index contributed by atoms with van der Waals surface area (Å²) in [6.45, 7) is 4.52. The van der Waals surface area contributed by atoms with Crippen LogP contribution in [0.4, 0.5) is 0 Å². The number of carbonyl (C=O) groups is 2. The molecule has 0 radical (unpaired) electrons. The van der Waals surface area contributed by atoms with E-state index < -0.39 is 0 Å². The van der Waals surface area contributed by atoms with Gasteiger partial charge in [-0.25, -0.2) is 4.98 Å². The third-order valence-electron chi connectivity index (χ3n) is 5.02. The summed E-state index contributed by atoms with van der Waals surface area (Å²) >= 11 is 1.50. The summed E-state index contributed by atoms with van der Waals surface area (Å²) in [5, 5.41) is 1.24. The summed E-state index contributed by atoms with van der Waals surface area (Å²) in [7, 11) is 0. The summed E-state index contributed by atoms with van der Waals surface area (Å²) < 4.78 is 1.63. The van der Waals surface area contributed by atoms with Crippen LogP contribution in [-0.4, -0.2) is 38.6 Å². The van der Waals surface area contributed by atoms with Crippen LogP contribution in [0.3, 0.4) is 0 Å². The predicted molar refractivity (Wildman–Crippen MR) is 118 cm³/mol. The Labute approximate surface area is 178 Å². The van der Waals surface area contributed by atoms with Crippen molar-refractivity contribution in [3.05, 3.63) is 82.7 Å². The molecule has 2 heterocycles. The maximum atomic E-state index is 12.8. The van der Waals surface area contributed by atoms with E-state index in [1.165, 1.54) is 16.7 Å². The first kappa shape index (κ1) is 20.1. The maximum absolute atomic E-state index is 12.8. The van der Waals surface area contributed by atoms with Crippen molar-refractivity contribution < 1.29 is 9.59 Å². The Morgan fingerprint density at radius 2 is 1.60 bits per heavy atom. The highest BCUT2D eigenvalue weighted by atomic mass is 32.2. The van der Waals surface area contributed by atoms with Crippen molar-refractivity contribution in [2.75, 3.05) is 12.3 Å². The monoisotopic (exact) mass is 419 g/mol. The molecule has 0 aliphatic carbocycles. The van der Waals surface area contributed by atoms with E-state index in [1.807, 2.05) is 18.2 Å². The molecule has 0 saturated heterocycles. The molecule has 0 bridgehead atoms. The number of para-hydroxylation sites is 1. The molecule has 6 nitrogen and oxygen atoms in total. The molecule has 7 heteroatoms. The Hall–Kier alpha value is -3.19. The number of carbonyl (C=O) groups excluding carboxylic acids is 2. The number of aromatic nitrogens is 2. The van der Waals surface area contributed by atoms with Gasteiger partial charge in [0, 0.05) is 18.8 Å². The number of allylic oxidation sites excluding steroid dienone is 1. The fourth-order valence-electron chi connectivity index (χ4n) is 3.53. The lowest BCUT2D eigenvalue weighted by atomic mass is 10.1. The Kier molecular flexibility index (Phi) is 5.81. The van der Waals surface area contributed by atoms with E-state index in [2.05, 4.69) is 11.6 Å². The van der Waals surface area contributed by atoms with Crippen LogP contribution in [0.5, 0.6) is 0 Å². The van der Waals surface area contributed by atoms with E-state index in [0.29, 0.717) is 46.7 Å². The van der Waals surface area contributed by atoms with Crippen LogP contribution < -0.4 is 5.56 Å². The van der Waals surface area contributed by atoms with Crippen LogP contribution in [0.15, 0.2) is 71.1 Å². The minimum Gasteiger partial charge on any atom is -0.283 e. The van der Waals surface area contributed by atoms with Crippen molar-refractivity contribution in [2.45, 2.75) is 24.5 Å². The average Bonchev–Trinajstić information content (AvgIpc) is 3.01. The Morgan fingerprint density at radius 1 is 0.933 bits per heavy atom. The van der Waals surface area contributed by atoms with Crippen LogP contribution in [0.1, 0.15) is 33.6 Å². The molecule has 2 aromatic carbocycles. The van der Waals surface area contributed by atoms with Crippen LogP contribution in [-0.2, 0) is 6.54 Å². The normalized spacial score (nSPS) is 13.1. The van der Waals surface area contributed by atoms with E-state index in [9.17, 15) is 14.4 Å². The molecular weight excluding hydrogens is 398 g/mol. The molecule has 1 aromatic heterocycles. The highest BCUT2D eigenvalue weighted by Gasteiger charge is 2.34. The molecule has 0 atom stereocenters. The number of hydrogen-bond donors (Lipinski definition) is 0. The fraction of sp³-hybridized carbons (Fsp3) is 0.217. The molecule has 0 fully saturated rings. The van der Waals surface area contributed by atoms with Gasteiger partial charge in [-0.2, -0.15) is 0 Å². The smallest absolute Gasteiger partial charge is 0.262 e. The quantitative estimate of drug-likeness (QED) is 0.183. The first-order valence-corrected chi connectivity index (χ1v) is 10.8. The van der Waals surface area contributed by atoms with Gasteiger partial charge in [-0.15, -0.1) is 6.58 Å². The molecule has 2 amide bonds.